The van der Waals surface area contributed by atoms with Crippen molar-refractivity contribution in [3.8, 4) is 22.8 Å². The molecule has 1 aromatic heterocycles. The molecule has 2 amide bonds. The number of aryl methyl sites for hydroxylation is 1. The lowest BCUT2D eigenvalue weighted by Crippen LogP contribution is -2.52. The van der Waals surface area contributed by atoms with Gasteiger partial charge >= 0.3 is 0 Å². The molecule has 32 heavy (non-hydrogen) atoms. The van der Waals surface area contributed by atoms with Gasteiger partial charge in [0.05, 0.1) is 28.5 Å². The molecule has 7 nitrogen and oxygen atoms in total. The number of thiazole rings is 1. The second kappa shape index (κ2) is 8.80. The fraction of sp³-hybridized carbons (Fsp3) is 0.261. The first kappa shape index (κ1) is 22.1. The van der Waals surface area contributed by atoms with Crippen molar-refractivity contribution in [1.29, 1.82) is 0 Å². The van der Waals surface area contributed by atoms with Crippen molar-refractivity contribution < 1.29 is 19.1 Å². The highest BCUT2D eigenvalue weighted by molar-refractivity contribution is 7.09. The predicted molar refractivity (Wildman–Crippen MR) is 126 cm³/mol. The lowest BCUT2D eigenvalue weighted by atomic mass is 10.1. The summed E-state index contributed by atoms with van der Waals surface area (Å²) in [5.74, 6) is 0.405. The van der Waals surface area contributed by atoms with Crippen LogP contribution in [0.5, 0.6) is 11.5 Å². The summed E-state index contributed by atoms with van der Waals surface area (Å²) in [5.41, 5.74) is 2.70. The molecule has 0 radical (unpaired) electrons. The summed E-state index contributed by atoms with van der Waals surface area (Å²) in [4.78, 5) is 32.1. The van der Waals surface area contributed by atoms with Crippen LogP contribution in [0.3, 0.4) is 0 Å². The standard InChI is InChI=1S/C23H22ClN3O4S/c1-12(22(28)26-16-6-8-20(30-4)17(24)10-16)27-19-9-15(18-11-32-14(3)25-18)5-7-21(19)31-13(2)23(27)29/h5-13H,1-4H3,(H,26,28). The minimum absolute atomic E-state index is 0.292. The van der Waals surface area contributed by atoms with Gasteiger partial charge in [0, 0.05) is 16.6 Å². The predicted octanol–water partition coefficient (Wildman–Crippen LogP) is 4.92. The molecule has 2 unspecified atom stereocenters. The number of amides is 2. The van der Waals surface area contributed by atoms with Crippen LogP contribution in [0.1, 0.15) is 18.9 Å². The van der Waals surface area contributed by atoms with Crippen LogP contribution in [0.4, 0.5) is 11.4 Å². The molecule has 2 heterocycles. The lowest BCUT2D eigenvalue weighted by molar-refractivity contribution is -0.128. The largest absolute Gasteiger partial charge is 0.495 e. The average Bonchev–Trinajstić information content (AvgIpc) is 3.20. The van der Waals surface area contributed by atoms with Crippen LogP contribution in [-0.4, -0.2) is 36.1 Å². The van der Waals surface area contributed by atoms with Crippen molar-refractivity contribution >= 4 is 46.1 Å². The molecule has 166 valence electrons. The topological polar surface area (TPSA) is 80.8 Å². The molecular formula is C23H22ClN3O4S. The fourth-order valence-electron chi connectivity index (χ4n) is 3.52. The van der Waals surface area contributed by atoms with E-state index in [0.717, 1.165) is 16.3 Å². The number of benzene rings is 2. The Morgan fingerprint density at radius 1 is 1.31 bits per heavy atom. The quantitative estimate of drug-likeness (QED) is 0.571. The second-order valence-electron chi connectivity index (χ2n) is 7.42. The van der Waals surface area contributed by atoms with E-state index in [-0.39, 0.29) is 11.8 Å². The van der Waals surface area contributed by atoms with Crippen molar-refractivity contribution in [3.63, 3.8) is 0 Å². The van der Waals surface area contributed by atoms with Gasteiger partial charge in [-0.05, 0) is 57.2 Å². The van der Waals surface area contributed by atoms with E-state index in [1.165, 1.54) is 12.0 Å². The highest BCUT2D eigenvalue weighted by Gasteiger charge is 2.37. The molecule has 1 aliphatic heterocycles. The van der Waals surface area contributed by atoms with Crippen LogP contribution in [0.15, 0.2) is 41.8 Å². The summed E-state index contributed by atoms with van der Waals surface area (Å²) in [7, 11) is 1.52. The molecular weight excluding hydrogens is 450 g/mol. The van der Waals surface area contributed by atoms with Crippen molar-refractivity contribution in [2.24, 2.45) is 0 Å². The Morgan fingerprint density at radius 3 is 2.75 bits per heavy atom. The molecule has 3 aromatic rings. The smallest absolute Gasteiger partial charge is 0.268 e. The van der Waals surface area contributed by atoms with E-state index < -0.39 is 12.1 Å². The van der Waals surface area contributed by atoms with Gasteiger partial charge in [-0.2, -0.15) is 0 Å². The number of hydrogen-bond donors (Lipinski definition) is 1. The molecule has 2 aromatic carbocycles. The summed E-state index contributed by atoms with van der Waals surface area (Å²) in [6.07, 6.45) is -0.708. The van der Waals surface area contributed by atoms with E-state index in [2.05, 4.69) is 10.3 Å². The molecule has 0 aliphatic carbocycles. The number of ether oxygens (including phenoxy) is 2. The number of halogens is 1. The van der Waals surface area contributed by atoms with Crippen LogP contribution in [-0.2, 0) is 9.59 Å². The zero-order valence-electron chi connectivity index (χ0n) is 18.0. The number of nitrogens with zero attached hydrogens (tertiary/aromatic N) is 2. The number of rotatable bonds is 5. The van der Waals surface area contributed by atoms with Crippen molar-refractivity contribution in [1.82, 2.24) is 4.98 Å². The van der Waals surface area contributed by atoms with Gasteiger partial charge < -0.3 is 14.8 Å². The van der Waals surface area contributed by atoms with Crippen molar-refractivity contribution in [2.45, 2.75) is 32.9 Å². The average molecular weight is 472 g/mol. The molecule has 4 rings (SSSR count). The van der Waals surface area contributed by atoms with E-state index in [1.807, 2.05) is 30.5 Å². The number of methoxy groups -OCH3 is 1. The first-order valence-corrected chi connectivity index (χ1v) is 11.2. The number of aromatic nitrogens is 1. The first-order chi connectivity index (χ1) is 15.3. The van der Waals surface area contributed by atoms with Crippen molar-refractivity contribution in [2.75, 3.05) is 17.3 Å². The highest BCUT2D eigenvalue weighted by Crippen LogP contribution is 2.39. The maximum atomic E-state index is 13.1. The summed E-state index contributed by atoms with van der Waals surface area (Å²) >= 11 is 7.71. The third kappa shape index (κ3) is 4.16. The monoisotopic (exact) mass is 471 g/mol. The zero-order valence-corrected chi connectivity index (χ0v) is 19.6. The summed E-state index contributed by atoms with van der Waals surface area (Å²) in [5, 5.41) is 6.10. The van der Waals surface area contributed by atoms with Crippen LogP contribution >= 0.6 is 22.9 Å². The Bertz CT molecular complexity index is 1200. The summed E-state index contributed by atoms with van der Waals surface area (Å²) in [6, 6.07) is 9.72. The van der Waals surface area contributed by atoms with Gasteiger partial charge in [0.25, 0.3) is 5.91 Å². The fourth-order valence-corrected chi connectivity index (χ4v) is 4.40. The molecule has 0 spiro atoms. The van der Waals surface area contributed by atoms with Gasteiger partial charge in [-0.1, -0.05) is 11.6 Å². The zero-order chi connectivity index (χ0) is 23.0. The van der Waals surface area contributed by atoms with Gasteiger partial charge in [0.2, 0.25) is 5.91 Å². The van der Waals surface area contributed by atoms with Gasteiger partial charge in [-0.3, -0.25) is 14.5 Å². The normalized spacial score (nSPS) is 16.2. The van der Waals surface area contributed by atoms with Crippen molar-refractivity contribution in [3.05, 3.63) is 51.8 Å². The third-order valence-corrected chi connectivity index (χ3v) is 6.28. The van der Waals surface area contributed by atoms with Crippen LogP contribution in [0.25, 0.3) is 11.3 Å². The molecule has 9 heteroatoms. The van der Waals surface area contributed by atoms with Gasteiger partial charge in [-0.25, -0.2) is 4.98 Å². The van der Waals surface area contributed by atoms with Gasteiger partial charge in [0.15, 0.2) is 6.10 Å². The van der Waals surface area contributed by atoms with E-state index in [4.69, 9.17) is 21.1 Å². The van der Waals surface area contributed by atoms with Crippen LogP contribution < -0.4 is 19.7 Å². The molecule has 1 N–H and O–H groups in total. The Morgan fingerprint density at radius 2 is 2.09 bits per heavy atom. The first-order valence-electron chi connectivity index (χ1n) is 9.99. The molecule has 0 fully saturated rings. The number of carbonyl (C=O) groups is 2. The second-order valence-corrected chi connectivity index (χ2v) is 8.89. The third-order valence-electron chi connectivity index (χ3n) is 5.21. The Kier molecular flexibility index (Phi) is 6.08. The minimum atomic E-state index is -0.791. The Hall–Kier alpha value is -3.10. The van der Waals surface area contributed by atoms with Crippen LogP contribution in [0, 0.1) is 6.92 Å². The minimum Gasteiger partial charge on any atom is -0.495 e. The molecule has 0 saturated heterocycles. The summed E-state index contributed by atoms with van der Waals surface area (Å²) in [6.45, 7) is 5.29. The Balaban J connectivity index is 1.65. The SMILES string of the molecule is COc1ccc(NC(=O)C(C)N2C(=O)C(C)Oc3ccc(-c4csc(C)n4)cc32)cc1Cl. The lowest BCUT2D eigenvalue weighted by Gasteiger charge is -2.36. The van der Waals surface area contributed by atoms with Gasteiger partial charge in [-0.15, -0.1) is 11.3 Å². The van der Waals surface area contributed by atoms with E-state index in [9.17, 15) is 9.59 Å². The number of carbonyl (C=O) groups excluding carboxylic acids is 2. The summed E-state index contributed by atoms with van der Waals surface area (Å²) < 4.78 is 10.9. The number of nitrogens with one attached hydrogen (secondary N) is 1. The molecule has 0 bridgehead atoms. The maximum absolute atomic E-state index is 13.1. The van der Waals surface area contributed by atoms with E-state index in [0.29, 0.717) is 27.9 Å². The highest BCUT2D eigenvalue weighted by atomic mass is 35.5. The molecule has 2 atom stereocenters. The Labute approximate surface area is 194 Å². The van der Waals surface area contributed by atoms with Gasteiger partial charge in [0.1, 0.15) is 17.5 Å². The van der Waals surface area contributed by atoms with E-state index in [1.54, 1.807) is 43.4 Å². The number of fused-ring (bicyclic) bond motifs is 1. The molecule has 1 aliphatic rings. The van der Waals surface area contributed by atoms with E-state index >= 15 is 0 Å². The number of hydrogen-bond acceptors (Lipinski definition) is 6. The number of anilines is 2. The molecule has 0 saturated carbocycles. The van der Waals surface area contributed by atoms with Crippen LogP contribution in [0.2, 0.25) is 5.02 Å². The maximum Gasteiger partial charge on any atom is 0.268 e.